The highest BCUT2D eigenvalue weighted by molar-refractivity contribution is 7.99. The Bertz CT molecular complexity index is 832. The van der Waals surface area contributed by atoms with Gasteiger partial charge in [-0.3, -0.25) is 4.79 Å². The van der Waals surface area contributed by atoms with Gasteiger partial charge in [0.05, 0.1) is 16.7 Å². The van der Waals surface area contributed by atoms with E-state index in [9.17, 15) is 4.79 Å². The molecule has 0 bridgehead atoms. The van der Waals surface area contributed by atoms with Crippen LogP contribution < -0.4 is 5.32 Å². The molecule has 0 aliphatic heterocycles. The summed E-state index contributed by atoms with van der Waals surface area (Å²) < 4.78 is 6.64. The average molecular weight is 358 g/mol. The van der Waals surface area contributed by atoms with E-state index in [0.717, 1.165) is 5.69 Å². The molecule has 0 saturated heterocycles. The molecule has 1 aromatic carbocycles. The number of thioether (sulfide) groups is 1. The second-order valence-electron chi connectivity index (χ2n) is 5.36. The van der Waals surface area contributed by atoms with Gasteiger partial charge < -0.3 is 9.84 Å². The van der Waals surface area contributed by atoms with E-state index < -0.39 is 0 Å². The van der Waals surface area contributed by atoms with E-state index in [1.165, 1.54) is 11.8 Å². The summed E-state index contributed by atoms with van der Waals surface area (Å²) in [7, 11) is 0. The fraction of sp³-hybridized carbons (Fsp3) is 0.312. The van der Waals surface area contributed by atoms with Crippen LogP contribution in [0.2, 0.25) is 0 Å². The van der Waals surface area contributed by atoms with Crippen molar-refractivity contribution in [1.82, 2.24) is 25.4 Å². The van der Waals surface area contributed by atoms with Crippen LogP contribution >= 0.6 is 11.8 Å². The van der Waals surface area contributed by atoms with E-state index >= 15 is 0 Å². The van der Waals surface area contributed by atoms with Gasteiger partial charge in [0, 0.05) is 6.07 Å². The number of nitrogens with zero attached hydrogens (tertiary/aromatic N) is 5. The van der Waals surface area contributed by atoms with Gasteiger partial charge in [-0.25, -0.2) is 0 Å². The molecular weight excluding hydrogens is 340 g/mol. The smallest absolute Gasteiger partial charge is 0.238 e. The summed E-state index contributed by atoms with van der Waals surface area (Å²) in [5, 5.41) is 18.1. The number of aryl methyl sites for hydroxylation is 1. The minimum Gasteiger partial charge on any atom is -0.360 e. The highest BCUT2D eigenvalue weighted by Crippen LogP contribution is 2.22. The van der Waals surface area contributed by atoms with Crippen molar-refractivity contribution in [2.24, 2.45) is 0 Å². The maximum atomic E-state index is 12.4. The van der Waals surface area contributed by atoms with Gasteiger partial charge in [0.25, 0.3) is 0 Å². The number of carbonyl (C=O) groups excluding carboxylic acids is 1. The maximum Gasteiger partial charge on any atom is 0.238 e. The SMILES string of the molecule is CCC(SCc1nnnn1-c1ccccc1)C(=O)Nc1cc(C)on1. The number of carbonyl (C=O) groups is 1. The Morgan fingerprint density at radius 2 is 2.16 bits per heavy atom. The normalized spacial score (nSPS) is 12.1. The highest BCUT2D eigenvalue weighted by atomic mass is 32.2. The van der Waals surface area contributed by atoms with Crippen molar-refractivity contribution in [1.29, 1.82) is 0 Å². The number of hydrogen-bond donors (Lipinski definition) is 1. The van der Waals surface area contributed by atoms with E-state index in [0.29, 0.717) is 29.6 Å². The summed E-state index contributed by atoms with van der Waals surface area (Å²) >= 11 is 1.49. The molecular formula is C16H18N6O2S. The van der Waals surface area contributed by atoms with Gasteiger partial charge in [-0.2, -0.15) is 4.68 Å². The van der Waals surface area contributed by atoms with E-state index in [4.69, 9.17) is 4.52 Å². The number of hydrogen-bond acceptors (Lipinski definition) is 7. The first-order chi connectivity index (χ1) is 12.2. The Hall–Kier alpha value is -2.68. The molecule has 0 radical (unpaired) electrons. The predicted octanol–water partition coefficient (Wildman–Crippen LogP) is 2.61. The van der Waals surface area contributed by atoms with Crippen molar-refractivity contribution in [3.05, 3.63) is 48.0 Å². The third-order valence-corrected chi connectivity index (χ3v) is 4.87. The molecule has 9 heteroatoms. The van der Waals surface area contributed by atoms with Crippen LogP contribution in [0, 0.1) is 6.92 Å². The van der Waals surface area contributed by atoms with Crippen molar-refractivity contribution in [2.75, 3.05) is 5.32 Å². The number of para-hydroxylation sites is 1. The van der Waals surface area contributed by atoms with Crippen LogP contribution in [0.5, 0.6) is 0 Å². The fourth-order valence-corrected chi connectivity index (χ4v) is 3.23. The predicted molar refractivity (Wildman–Crippen MR) is 94.4 cm³/mol. The van der Waals surface area contributed by atoms with Gasteiger partial charge in [-0.05, 0) is 35.9 Å². The molecule has 1 N–H and O–H groups in total. The molecule has 3 aromatic rings. The van der Waals surface area contributed by atoms with E-state index in [1.807, 2.05) is 37.3 Å². The molecule has 3 rings (SSSR count). The first-order valence-corrected chi connectivity index (χ1v) is 8.90. The zero-order valence-electron chi connectivity index (χ0n) is 13.9. The quantitative estimate of drug-likeness (QED) is 0.693. The molecule has 0 aliphatic rings. The summed E-state index contributed by atoms with van der Waals surface area (Å²) in [5.41, 5.74) is 0.888. The Labute approximate surface area is 149 Å². The van der Waals surface area contributed by atoms with Crippen LogP contribution in [0.1, 0.15) is 24.9 Å². The second kappa shape index (κ2) is 7.93. The lowest BCUT2D eigenvalue weighted by Gasteiger charge is -2.13. The van der Waals surface area contributed by atoms with Crippen molar-refractivity contribution in [3.8, 4) is 5.69 Å². The van der Waals surface area contributed by atoms with Gasteiger partial charge in [-0.15, -0.1) is 16.9 Å². The van der Waals surface area contributed by atoms with Crippen LogP contribution in [0.15, 0.2) is 40.9 Å². The Kier molecular flexibility index (Phi) is 5.44. The summed E-state index contributed by atoms with van der Waals surface area (Å²) in [6.07, 6.45) is 0.681. The monoisotopic (exact) mass is 358 g/mol. The van der Waals surface area contributed by atoms with Gasteiger partial charge in [-0.1, -0.05) is 30.3 Å². The van der Waals surface area contributed by atoms with Gasteiger partial charge in [0.1, 0.15) is 5.76 Å². The van der Waals surface area contributed by atoms with Crippen LogP contribution in [0.4, 0.5) is 5.82 Å². The Balaban J connectivity index is 1.64. The average Bonchev–Trinajstić information content (AvgIpc) is 3.25. The number of anilines is 1. The van der Waals surface area contributed by atoms with Gasteiger partial charge in [0.15, 0.2) is 11.6 Å². The molecule has 0 aliphatic carbocycles. The molecule has 1 unspecified atom stereocenters. The summed E-state index contributed by atoms with van der Waals surface area (Å²) in [6, 6.07) is 11.3. The van der Waals surface area contributed by atoms with Gasteiger partial charge in [0.2, 0.25) is 5.91 Å². The Morgan fingerprint density at radius 3 is 2.84 bits per heavy atom. The molecule has 0 saturated carbocycles. The zero-order chi connectivity index (χ0) is 17.6. The highest BCUT2D eigenvalue weighted by Gasteiger charge is 2.20. The summed E-state index contributed by atoms with van der Waals surface area (Å²) in [6.45, 7) is 3.74. The number of benzene rings is 1. The minimum absolute atomic E-state index is 0.112. The van der Waals surface area contributed by atoms with Crippen molar-refractivity contribution in [2.45, 2.75) is 31.3 Å². The topological polar surface area (TPSA) is 98.7 Å². The fourth-order valence-electron chi connectivity index (χ4n) is 2.25. The maximum absolute atomic E-state index is 12.4. The first kappa shape index (κ1) is 17.2. The van der Waals surface area contributed by atoms with E-state index in [2.05, 4.69) is 26.0 Å². The minimum atomic E-state index is -0.238. The number of amides is 1. The first-order valence-electron chi connectivity index (χ1n) is 7.86. The number of rotatable bonds is 7. The largest absolute Gasteiger partial charge is 0.360 e. The number of tetrazole rings is 1. The molecule has 130 valence electrons. The van der Waals surface area contributed by atoms with Crippen molar-refractivity contribution in [3.63, 3.8) is 0 Å². The molecule has 8 nitrogen and oxygen atoms in total. The zero-order valence-corrected chi connectivity index (χ0v) is 14.7. The summed E-state index contributed by atoms with van der Waals surface area (Å²) in [4.78, 5) is 12.4. The third-order valence-electron chi connectivity index (χ3n) is 3.49. The Morgan fingerprint density at radius 1 is 1.36 bits per heavy atom. The lowest BCUT2D eigenvalue weighted by Crippen LogP contribution is -2.25. The van der Waals surface area contributed by atoms with Crippen molar-refractivity contribution >= 4 is 23.5 Å². The van der Waals surface area contributed by atoms with Crippen LogP contribution in [-0.2, 0) is 10.5 Å². The lowest BCUT2D eigenvalue weighted by molar-refractivity contribution is -0.115. The molecule has 2 aromatic heterocycles. The number of nitrogens with one attached hydrogen (secondary N) is 1. The van der Waals surface area contributed by atoms with Gasteiger partial charge >= 0.3 is 0 Å². The second-order valence-corrected chi connectivity index (χ2v) is 6.55. The molecule has 1 atom stereocenters. The third kappa shape index (κ3) is 4.24. The standard InChI is InChI=1S/C16H18N6O2S/c1-3-13(16(23)17-14-9-11(2)24-19-14)25-10-15-18-20-21-22(15)12-7-5-4-6-8-12/h4-9,13H,3,10H2,1-2H3,(H,17,19,23). The molecule has 0 fully saturated rings. The summed E-state index contributed by atoms with van der Waals surface area (Å²) in [5.74, 6) is 2.18. The van der Waals surface area contributed by atoms with E-state index in [-0.39, 0.29) is 11.2 Å². The van der Waals surface area contributed by atoms with E-state index in [1.54, 1.807) is 17.7 Å². The van der Waals surface area contributed by atoms with Crippen LogP contribution in [0.3, 0.4) is 0 Å². The van der Waals surface area contributed by atoms with Crippen LogP contribution in [0.25, 0.3) is 5.69 Å². The molecule has 25 heavy (non-hydrogen) atoms. The molecule has 1 amide bonds. The molecule has 2 heterocycles. The molecule has 0 spiro atoms. The number of aromatic nitrogens is 5. The lowest BCUT2D eigenvalue weighted by atomic mass is 10.3. The van der Waals surface area contributed by atoms with Crippen molar-refractivity contribution < 1.29 is 9.32 Å². The van der Waals surface area contributed by atoms with Crippen LogP contribution in [-0.4, -0.2) is 36.5 Å².